The van der Waals surface area contributed by atoms with Crippen molar-refractivity contribution < 1.29 is 4.79 Å². The predicted octanol–water partition coefficient (Wildman–Crippen LogP) is 1.51. The number of carbonyl (C=O) groups is 1. The van der Waals surface area contributed by atoms with Gasteiger partial charge in [0.25, 0.3) is 5.91 Å². The van der Waals surface area contributed by atoms with Crippen LogP contribution in [0.4, 0.5) is 0 Å². The van der Waals surface area contributed by atoms with Crippen molar-refractivity contribution >= 4 is 17.2 Å². The molecule has 0 aliphatic heterocycles. The van der Waals surface area contributed by atoms with Crippen molar-refractivity contribution in [2.75, 3.05) is 6.54 Å². The molecule has 0 aliphatic rings. The van der Waals surface area contributed by atoms with Crippen LogP contribution < -0.4 is 5.32 Å². The van der Waals surface area contributed by atoms with Crippen molar-refractivity contribution in [3.8, 4) is 0 Å². The Hall–Kier alpha value is -1.75. The van der Waals surface area contributed by atoms with Crippen molar-refractivity contribution in [3.63, 3.8) is 0 Å². The van der Waals surface area contributed by atoms with E-state index in [-0.39, 0.29) is 5.91 Å². The topological polar surface area (TPSA) is 54.9 Å². The molecule has 0 spiro atoms. The standard InChI is InChI=1S/C11H11N3OS/c15-11(9-2-1-4-12-8-9)14-5-3-10-13-6-7-16-10/h1-2,4,6-8H,3,5H2,(H,14,15). The number of carbonyl (C=O) groups excluding carboxylic acids is 1. The molecule has 1 N–H and O–H groups in total. The molecule has 0 fully saturated rings. The number of nitrogens with one attached hydrogen (secondary N) is 1. The van der Waals surface area contributed by atoms with Gasteiger partial charge < -0.3 is 5.32 Å². The number of hydrogen-bond donors (Lipinski definition) is 1. The second-order valence-corrected chi connectivity index (χ2v) is 4.15. The number of nitrogens with zero attached hydrogens (tertiary/aromatic N) is 2. The number of thiazole rings is 1. The van der Waals surface area contributed by atoms with Gasteiger partial charge in [-0.1, -0.05) is 0 Å². The quantitative estimate of drug-likeness (QED) is 0.871. The molecule has 5 heteroatoms. The number of pyridine rings is 1. The second kappa shape index (κ2) is 5.37. The van der Waals surface area contributed by atoms with Gasteiger partial charge >= 0.3 is 0 Å². The molecule has 0 saturated heterocycles. The van der Waals surface area contributed by atoms with Crippen LogP contribution in [0, 0.1) is 0 Å². The fraction of sp³-hybridized carbons (Fsp3) is 0.182. The van der Waals surface area contributed by atoms with Crippen molar-refractivity contribution in [2.45, 2.75) is 6.42 Å². The van der Waals surface area contributed by atoms with E-state index in [1.807, 2.05) is 5.38 Å². The minimum Gasteiger partial charge on any atom is -0.352 e. The van der Waals surface area contributed by atoms with Gasteiger partial charge in [0.15, 0.2) is 0 Å². The lowest BCUT2D eigenvalue weighted by atomic mass is 10.2. The molecular weight excluding hydrogens is 222 g/mol. The Balaban J connectivity index is 1.81. The number of amides is 1. The molecule has 2 rings (SSSR count). The molecule has 1 amide bonds. The first-order valence-electron chi connectivity index (χ1n) is 4.93. The summed E-state index contributed by atoms with van der Waals surface area (Å²) in [6, 6.07) is 3.49. The summed E-state index contributed by atoms with van der Waals surface area (Å²) >= 11 is 1.60. The number of hydrogen-bond acceptors (Lipinski definition) is 4. The fourth-order valence-electron chi connectivity index (χ4n) is 1.26. The van der Waals surface area contributed by atoms with Gasteiger partial charge in [0.05, 0.1) is 10.6 Å². The van der Waals surface area contributed by atoms with Crippen molar-refractivity contribution in [3.05, 3.63) is 46.7 Å². The lowest BCUT2D eigenvalue weighted by Gasteiger charge is -2.02. The van der Waals surface area contributed by atoms with E-state index in [4.69, 9.17) is 0 Å². The SMILES string of the molecule is O=C(NCCc1nccs1)c1cccnc1. The lowest BCUT2D eigenvalue weighted by molar-refractivity contribution is 0.0954. The highest BCUT2D eigenvalue weighted by Gasteiger charge is 2.04. The Labute approximate surface area is 97.4 Å². The smallest absolute Gasteiger partial charge is 0.252 e. The van der Waals surface area contributed by atoms with Crippen LogP contribution in [-0.2, 0) is 6.42 Å². The van der Waals surface area contributed by atoms with Gasteiger partial charge in [0.2, 0.25) is 0 Å². The maximum atomic E-state index is 11.6. The first kappa shape index (κ1) is 10.8. The molecule has 0 radical (unpaired) electrons. The second-order valence-electron chi connectivity index (χ2n) is 3.17. The van der Waals surface area contributed by atoms with E-state index in [2.05, 4.69) is 15.3 Å². The van der Waals surface area contributed by atoms with Gasteiger partial charge in [0, 0.05) is 36.9 Å². The zero-order chi connectivity index (χ0) is 11.2. The Bertz CT molecular complexity index is 442. The summed E-state index contributed by atoms with van der Waals surface area (Å²) < 4.78 is 0. The van der Waals surface area contributed by atoms with Gasteiger partial charge in [0.1, 0.15) is 0 Å². The third-order valence-electron chi connectivity index (χ3n) is 2.03. The lowest BCUT2D eigenvalue weighted by Crippen LogP contribution is -2.25. The highest BCUT2D eigenvalue weighted by atomic mass is 32.1. The maximum absolute atomic E-state index is 11.6. The Morgan fingerprint density at radius 3 is 3.06 bits per heavy atom. The summed E-state index contributed by atoms with van der Waals surface area (Å²) in [6.07, 6.45) is 5.73. The number of rotatable bonds is 4. The van der Waals surface area contributed by atoms with Crippen LogP contribution in [0.1, 0.15) is 15.4 Å². The van der Waals surface area contributed by atoms with Crippen molar-refractivity contribution in [1.29, 1.82) is 0 Å². The molecule has 0 aromatic carbocycles. The van der Waals surface area contributed by atoms with Gasteiger partial charge in [-0.2, -0.15) is 0 Å². The summed E-state index contributed by atoms with van der Waals surface area (Å²) in [7, 11) is 0. The monoisotopic (exact) mass is 233 g/mol. The maximum Gasteiger partial charge on any atom is 0.252 e. The summed E-state index contributed by atoms with van der Waals surface area (Å²) in [5.41, 5.74) is 0.585. The molecule has 0 unspecified atom stereocenters. The third kappa shape index (κ3) is 2.87. The summed E-state index contributed by atoms with van der Waals surface area (Å²) in [5.74, 6) is -0.0929. The Morgan fingerprint density at radius 2 is 2.38 bits per heavy atom. The molecule has 0 atom stereocenters. The molecule has 0 bridgehead atoms. The van der Waals surface area contributed by atoms with Crippen LogP contribution in [0.2, 0.25) is 0 Å². The highest BCUT2D eigenvalue weighted by molar-refractivity contribution is 7.09. The average Bonchev–Trinajstić information content (AvgIpc) is 2.83. The van der Waals surface area contributed by atoms with E-state index in [9.17, 15) is 4.79 Å². The summed E-state index contributed by atoms with van der Waals surface area (Å²) in [6.45, 7) is 0.598. The Morgan fingerprint density at radius 1 is 1.44 bits per heavy atom. The molecule has 82 valence electrons. The van der Waals surface area contributed by atoms with Gasteiger partial charge in [-0.25, -0.2) is 4.98 Å². The van der Waals surface area contributed by atoms with Crippen molar-refractivity contribution in [1.82, 2.24) is 15.3 Å². The average molecular weight is 233 g/mol. The van der Waals surface area contributed by atoms with E-state index in [1.165, 1.54) is 0 Å². The van der Waals surface area contributed by atoms with Crippen LogP contribution in [0.25, 0.3) is 0 Å². The number of aromatic nitrogens is 2. The molecule has 2 aromatic heterocycles. The van der Waals surface area contributed by atoms with Crippen LogP contribution in [0.15, 0.2) is 36.1 Å². The molecule has 2 heterocycles. The molecular formula is C11H11N3OS. The van der Waals surface area contributed by atoms with E-state index >= 15 is 0 Å². The summed E-state index contributed by atoms with van der Waals surface area (Å²) in [4.78, 5) is 19.6. The predicted molar refractivity (Wildman–Crippen MR) is 62.4 cm³/mol. The van der Waals surface area contributed by atoms with Crippen LogP contribution in [0.5, 0.6) is 0 Å². The van der Waals surface area contributed by atoms with Crippen LogP contribution in [-0.4, -0.2) is 22.4 Å². The Kier molecular flexibility index (Phi) is 3.61. The van der Waals surface area contributed by atoms with E-state index < -0.39 is 0 Å². The van der Waals surface area contributed by atoms with Gasteiger partial charge in [-0.15, -0.1) is 11.3 Å². The van der Waals surface area contributed by atoms with E-state index in [0.29, 0.717) is 12.1 Å². The zero-order valence-corrected chi connectivity index (χ0v) is 9.41. The van der Waals surface area contributed by atoms with E-state index in [1.54, 1.807) is 42.1 Å². The molecule has 0 saturated carbocycles. The van der Waals surface area contributed by atoms with E-state index in [0.717, 1.165) is 11.4 Å². The first-order chi connectivity index (χ1) is 7.86. The van der Waals surface area contributed by atoms with Gasteiger partial charge in [-0.05, 0) is 12.1 Å². The van der Waals surface area contributed by atoms with Gasteiger partial charge in [-0.3, -0.25) is 9.78 Å². The molecule has 16 heavy (non-hydrogen) atoms. The highest BCUT2D eigenvalue weighted by Crippen LogP contribution is 2.03. The summed E-state index contributed by atoms with van der Waals surface area (Å²) in [5, 5.41) is 5.79. The zero-order valence-electron chi connectivity index (χ0n) is 8.59. The van der Waals surface area contributed by atoms with Crippen molar-refractivity contribution in [2.24, 2.45) is 0 Å². The normalized spacial score (nSPS) is 10.0. The van der Waals surface area contributed by atoms with Crippen LogP contribution in [0.3, 0.4) is 0 Å². The first-order valence-corrected chi connectivity index (χ1v) is 5.81. The minimum absolute atomic E-state index is 0.0929. The third-order valence-corrected chi connectivity index (χ3v) is 2.87. The molecule has 0 aliphatic carbocycles. The molecule has 2 aromatic rings. The largest absolute Gasteiger partial charge is 0.352 e. The fourth-order valence-corrected chi connectivity index (χ4v) is 1.88. The van der Waals surface area contributed by atoms with Crippen LogP contribution >= 0.6 is 11.3 Å². The molecule has 4 nitrogen and oxygen atoms in total. The minimum atomic E-state index is -0.0929.